The van der Waals surface area contributed by atoms with E-state index in [0.29, 0.717) is 0 Å². The van der Waals surface area contributed by atoms with Gasteiger partial charge in [0, 0.05) is 22.2 Å². The van der Waals surface area contributed by atoms with E-state index in [1.54, 1.807) is 0 Å². The summed E-state index contributed by atoms with van der Waals surface area (Å²) in [6.07, 6.45) is 0.939. The fourth-order valence-electron chi connectivity index (χ4n) is 10.5. The fraction of sp³-hybridized carbons (Fsp3) is 0.108. The highest BCUT2D eigenvalue weighted by Crippen LogP contribution is 2.52. The van der Waals surface area contributed by atoms with Gasteiger partial charge in [-0.05, 0) is 126 Å². The van der Waals surface area contributed by atoms with Crippen LogP contribution in [0, 0.1) is 0 Å². The van der Waals surface area contributed by atoms with Crippen molar-refractivity contribution in [2.24, 2.45) is 0 Å². The summed E-state index contributed by atoms with van der Waals surface area (Å²) < 4.78 is 0. The molecule has 0 N–H and O–H groups in total. The van der Waals surface area contributed by atoms with Crippen LogP contribution in [0.5, 0.6) is 0 Å². The van der Waals surface area contributed by atoms with E-state index in [4.69, 9.17) is 0 Å². The Morgan fingerprint density at radius 1 is 0.394 bits per heavy atom. The lowest BCUT2D eigenvalue weighted by molar-refractivity contribution is 0.570. The molecule has 0 saturated heterocycles. The van der Waals surface area contributed by atoms with E-state index in [1.807, 2.05) is 0 Å². The van der Waals surface area contributed by atoms with Crippen LogP contribution in [0.1, 0.15) is 60.4 Å². The van der Waals surface area contributed by atoms with Gasteiger partial charge in [0.1, 0.15) is 0 Å². The molecule has 2 atom stereocenters. The second-order valence-electron chi connectivity index (χ2n) is 18.6. The first-order valence-electron chi connectivity index (χ1n) is 23.4. The third-order valence-corrected chi connectivity index (χ3v) is 14.3. The van der Waals surface area contributed by atoms with Crippen LogP contribution in [0.3, 0.4) is 0 Å². The SMILES string of the molecule is CC(c1ccc2c(c1)C(C)(C)c1cc(N(c3ccccc3)c3cccc4ccccc34)ccc1-2)C(Cc1ccc(-c2ccccc2)cc1)c1ccc(-c2ccc(-c3ccccc3)cc2)cc1. The molecule has 0 amide bonds. The van der Waals surface area contributed by atoms with Gasteiger partial charge in [-0.2, -0.15) is 0 Å². The predicted molar refractivity (Wildman–Crippen MR) is 280 cm³/mol. The highest BCUT2D eigenvalue weighted by molar-refractivity contribution is 5.99. The summed E-state index contributed by atoms with van der Waals surface area (Å²) >= 11 is 0. The number of rotatable bonds is 11. The molecule has 1 heteroatoms. The third kappa shape index (κ3) is 7.71. The smallest absolute Gasteiger partial charge is 0.0540 e. The first kappa shape index (κ1) is 41.0. The molecular formula is C65H53N. The Balaban J connectivity index is 0.932. The van der Waals surface area contributed by atoms with E-state index in [-0.39, 0.29) is 17.3 Å². The second-order valence-corrected chi connectivity index (χ2v) is 18.6. The number of para-hydroxylation sites is 1. The number of anilines is 3. The predicted octanol–water partition coefficient (Wildman–Crippen LogP) is 17.7. The lowest BCUT2D eigenvalue weighted by atomic mass is 9.76. The molecule has 0 fully saturated rings. The van der Waals surface area contributed by atoms with Gasteiger partial charge in [0.2, 0.25) is 0 Å². The van der Waals surface area contributed by atoms with Crippen molar-refractivity contribution in [1.29, 1.82) is 0 Å². The molecule has 318 valence electrons. The molecule has 0 aliphatic heterocycles. The van der Waals surface area contributed by atoms with E-state index in [2.05, 4.69) is 268 Å². The second kappa shape index (κ2) is 17.3. The molecule has 10 aromatic carbocycles. The Morgan fingerprint density at radius 2 is 0.864 bits per heavy atom. The zero-order chi connectivity index (χ0) is 44.6. The van der Waals surface area contributed by atoms with Gasteiger partial charge in [-0.1, -0.05) is 233 Å². The van der Waals surface area contributed by atoms with Gasteiger partial charge in [0.25, 0.3) is 0 Å². The summed E-state index contributed by atoms with van der Waals surface area (Å²) in [6, 6.07) is 89.5. The van der Waals surface area contributed by atoms with Crippen LogP contribution >= 0.6 is 0 Å². The van der Waals surface area contributed by atoms with E-state index in [9.17, 15) is 0 Å². The number of hydrogen-bond acceptors (Lipinski definition) is 1. The summed E-state index contributed by atoms with van der Waals surface area (Å²) in [5.74, 6) is 0.522. The standard InChI is InChI=1S/C65H53N/c1-45(61(42-46-26-28-49(29-27-46)47-16-7-4-8-17-47)54-36-34-52(35-37-54)51-32-30-50(31-33-51)48-18-9-5-10-19-48)55-38-40-59-60-41-39-57(44-63(60)65(2,3)62(59)43-55)66(56-22-11-6-12-23-56)64-25-15-21-53-20-13-14-24-58(53)64/h4-41,43-45,61H,42H2,1-3H3. The number of hydrogen-bond donors (Lipinski definition) is 0. The Bertz CT molecular complexity index is 3270. The van der Waals surface area contributed by atoms with Crippen LogP contribution in [0.15, 0.2) is 243 Å². The highest BCUT2D eigenvalue weighted by atomic mass is 15.1. The van der Waals surface area contributed by atoms with Gasteiger partial charge >= 0.3 is 0 Å². The lowest BCUT2D eigenvalue weighted by Crippen LogP contribution is -2.18. The van der Waals surface area contributed by atoms with E-state index >= 15 is 0 Å². The molecular weight excluding hydrogens is 795 g/mol. The van der Waals surface area contributed by atoms with Crippen molar-refractivity contribution in [2.45, 2.75) is 44.4 Å². The minimum absolute atomic E-state index is 0.196. The van der Waals surface area contributed by atoms with Crippen LogP contribution in [0.25, 0.3) is 55.3 Å². The molecule has 0 saturated carbocycles. The van der Waals surface area contributed by atoms with Crippen LogP contribution < -0.4 is 4.90 Å². The molecule has 10 aromatic rings. The maximum Gasteiger partial charge on any atom is 0.0540 e. The summed E-state index contributed by atoms with van der Waals surface area (Å²) in [5, 5.41) is 2.47. The summed E-state index contributed by atoms with van der Waals surface area (Å²) in [6.45, 7) is 7.27. The molecule has 1 aliphatic carbocycles. The Kier molecular flexibility index (Phi) is 10.8. The third-order valence-electron chi connectivity index (χ3n) is 14.3. The molecule has 11 rings (SSSR count). The minimum atomic E-state index is -0.196. The van der Waals surface area contributed by atoms with Crippen molar-refractivity contribution in [3.63, 3.8) is 0 Å². The largest absolute Gasteiger partial charge is 0.310 e. The molecule has 1 nitrogen and oxygen atoms in total. The first-order valence-corrected chi connectivity index (χ1v) is 23.4. The van der Waals surface area contributed by atoms with Gasteiger partial charge in [0.05, 0.1) is 5.69 Å². The fourth-order valence-corrected chi connectivity index (χ4v) is 10.5. The number of nitrogens with zero attached hydrogens (tertiary/aromatic N) is 1. The van der Waals surface area contributed by atoms with Gasteiger partial charge in [-0.3, -0.25) is 0 Å². The van der Waals surface area contributed by atoms with Gasteiger partial charge < -0.3 is 4.90 Å². The van der Waals surface area contributed by atoms with Crippen molar-refractivity contribution < 1.29 is 0 Å². The van der Waals surface area contributed by atoms with Crippen LogP contribution in [0.2, 0.25) is 0 Å². The topological polar surface area (TPSA) is 3.24 Å². The molecule has 66 heavy (non-hydrogen) atoms. The van der Waals surface area contributed by atoms with Crippen LogP contribution in [0.4, 0.5) is 17.1 Å². The zero-order valence-electron chi connectivity index (χ0n) is 37.9. The summed E-state index contributed by atoms with van der Waals surface area (Å²) in [7, 11) is 0. The van der Waals surface area contributed by atoms with Crippen LogP contribution in [-0.2, 0) is 11.8 Å². The quantitative estimate of drug-likeness (QED) is 0.125. The maximum atomic E-state index is 2.54. The van der Waals surface area contributed by atoms with Crippen molar-refractivity contribution in [1.82, 2.24) is 0 Å². The summed E-state index contributed by atoms with van der Waals surface area (Å²) in [4.78, 5) is 2.43. The van der Waals surface area contributed by atoms with E-state index in [1.165, 1.54) is 94.5 Å². The molecule has 1 aliphatic rings. The van der Waals surface area contributed by atoms with Crippen molar-refractivity contribution in [2.75, 3.05) is 4.90 Å². The lowest BCUT2D eigenvalue weighted by Gasteiger charge is -2.29. The average Bonchev–Trinajstić information content (AvgIpc) is 3.61. The van der Waals surface area contributed by atoms with Crippen LogP contribution in [-0.4, -0.2) is 0 Å². The van der Waals surface area contributed by atoms with Crippen molar-refractivity contribution in [3.8, 4) is 44.5 Å². The highest BCUT2D eigenvalue weighted by Gasteiger charge is 2.37. The molecule has 0 bridgehead atoms. The van der Waals surface area contributed by atoms with Crippen molar-refractivity contribution >= 4 is 27.8 Å². The number of fused-ring (bicyclic) bond motifs is 4. The molecule has 0 aromatic heterocycles. The van der Waals surface area contributed by atoms with Gasteiger partial charge in [-0.25, -0.2) is 0 Å². The molecule has 0 radical (unpaired) electrons. The Labute approximate surface area is 390 Å². The average molecular weight is 848 g/mol. The first-order chi connectivity index (χ1) is 32.4. The summed E-state index contributed by atoms with van der Waals surface area (Å²) in [5.41, 5.74) is 20.2. The van der Waals surface area contributed by atoms with E-state index < -0.39 is 0 Å². The molecule has 2 unspecified atom stereocenters. The minimum Gasteiger partial charge on any atom is -0.310 e. The maximum absolute atomic E-state index is 2.54. The molecule has 0 spiro atoms. The Hall–Kier alpha value is -7.74. The molecule has 0 heterocycles. The van der Waals surface area contributed by atoms with Gasteiger partial charge in [0.15, 0.2) is 0 Å². The van der Waals surface area contributed by atoms with Gasteiger partial charge in [-0.15, -0.1) is 0 Å². The monoisotopic (exact) mass is 847 g/mol. The van der Waals surface area contributed by atoms with Crippen molar-refractivity contribution in [3.05, 3.63) is 270 Å². The van der Waals surface area contributed by atoms with E-state index in [0.717, 1.165) is 12.1 Å². The number of benzene rings is 10. The Morgan fingerprint density at radius 3 is 1.48 bits per heavy atom. The normalized spacial score (nSPS) is 13.4. The zero-order valence-corrected chi connectivity index (χ0v) is 37.9.